The van der Waals surface area contributed by atoms with Gasteiger partial charge in [-0.25, -0.2) is 4.79 Å². The molecule has 2 aromatic carbocycles. The van der Waals surface area contributed by atoms with E-state index in [1.54, 1.807) is 6.92 Å². The molecule has 3 nitrogen and oxygen atoms in total. The fourth-order valence-corrected chi connectivity index (χ4v) is 8.10. The average molecular weight is 383 g/mol. The molecule has 1 atom stereocenters. The predicted octanol–water partition coefficient (Wildman–Crippen LogP) is 4.07. The highest BCUT2D eigenvalue weighted by Crippen LogP contribution is 2.38. The first-order valence-electron chi connectivity index (χ1n) is 9.35. The number of benzene rings is 2. The second kappa shape index (κ2) is 8.68. The van der Waals surface area contributed by atoms with Crippen LogP contribution in [0, 0.1) is 0 Å². The zero-order valence-electron chi connectivity index (χ0n) is 17.0. The Morgan fingerprint density at radius 1 is 1.00 bits per heavy atom. The lowest BCUT2D eigenvalue weighted by Gasteiger charge is -2.44. The van der Waals surface area contributed by atoms with Crippen LogP contribution in [0.1, 0.15) is 34.6 Å². The van der Waals surface area contributed by atoms with Crippen molar-refractivity contribution in [2.75, 3.05) is 6.61 Å². The Kier molecular flexibility index (Phi) is 6.79. The van der Waals surface area contributed by atoms with Crippen molar-refractivity contribution in [3.8, 4) is 0 Å². The van der Waals surface area contributed by atoms with Crippen molar-refractivity contribution < 1.29 is 14.0 Å². The summed E-state index contributed by atoms with van der Waals surface area (Å²) in [6.45, 7) is 14.5. The number of esters is 1. The molecule has 0 heterocycles. The third-order valence-corrected chi connectivity index (χ3v) is 9.65. The highest BCUT2D eigenvalue weighted by molar-refractivity contribution is 6.99. The Bertz CT molecular complexity index is 724. The minimum atomic E-state index is -2.83. The van der Waals surface area contributed by atoms with Crippen LogP contribution in [-0.4, -0.2) is 27.0 Å². The topological polar surface area (TPSA) is 35.5 Å². The summed E-state index contributed by atoms with van der Waals surface area (Å²) < 4.78 is 12.1. The van der Waals surface area contributed by atoms with E-state index in [4.69, 9.17) is 9.16 Å². The van der Waals surface area contributed by atoms with Gasteiger partial charge in [0.15, 0.2) is 6.10 Å². The Hall–Kier alpha value is -2.17. The number of hydrogen-bond donors (Lipinski definition) is 0. The minimum absolute atomic E-state index is 0.212. The number of rotatable bonds is 7. The SMILES string of the molecule is C=C(C)C(O[Si](c1ccccc1)(c1ccccc1)C(C)(C)C)C(=O)OCC. The van der Waals surface area contributed by atoms with Crippen LogP contribution in [0.3, 0.4) is 0 Å². The molecule has 0 aliphatic heterocycles. The summed E-state index contributed by atoms with van der Waals surface area (Å²) in [5, 5.41) is 2.04. The minimum Gasteiger partial charge on any atom is -0.464 e. The Balaban J connectivity index is 2.72. The van der Waals surface area contributed by atoms with Gasteiger partial charge in [0.2, 0.25) is 0 Å². The number of carbonyl (C=O) groups is 1. The molecule has 0 radical (unpaired) electrons. The molecule has 0 aromatic heterocycles. The summed E-state index contributed by atoms with van der Waals surface area (Å²) >= 11 is 0. The number of ether oxygens (including phenoxy) is 1. The van der Waals surface area contributed by atoms with Gasteiger partial charge in [-0.05, 0) is 34.8 Å². The van der Waals surface area contributed by atoms with E-state index < -0.39 is 14.4 Å². The fourth-order valence-electron chi connectivity index (χ4n) is 3.44. The molecule has 0 aliphatic rings. The summed E-state index contributed by atoms with van der Waals surface area (Å²) in [6, 6.07) is 20.5. The molecule has 144 valence electrons. The standard InChI is InChI=1S/C23H30O3Si/c1-7-25-22(24)21(18(2)3)26-27(23(4,5)6,19-14-10-8-11-15-19)20-16-12-9-13-17-20/h8-17,21H,2,7H2,1,3-6H3. The summed E-state index contributed by atoms with van der Waals surface area (Å²) in [5.74, 6) is -0.377. The first-order valence-corrected chi connectivity index (χ1v) is 11.3. The highest BCUT2D eigenvalue weighted by atomic mass is 28.4. The van der Waals surface area contributed by atoms with E-state index in [-0.39, 0.29) is 11.0 Å². The molecule has 2 aromatic rings. The average Bonchev–Trinajstić information content (AvgIpc) is 2.63. The van der Waals surface area contributed by atoms with E-state index in [0.29, 0.717) is 12.2 Å². The molecule has 1 unspecified atom stereocenters. The largest absolute Gasteiger partial charge is 0.464 e. The molecule has 0 aliphatic carbocycles. The molecule has 0 saturated carbocycles. The van der Waals surface area contributed by atoms with Crippen LogP contribution in [0.15, 0.2) is 72.8 Å². The quantitative estimate of drug-likeness (QED) is 0.411. The third-order valence-electron chi connectivity index (χ3n) is 4.66. The maximum Gasteiger partial charge on any atom is 0.338 e. The molecule has 2 rings (SSSR count). The fraction of sp³-hybridized carbons (Fsp3) is 0.348. The molecule has 0 spiro atoms. The normalized spacial score (nSPS) is 13.1. The smallest absolute Gasteiger partial charge is 0.338 e. The van der Waals surface area contributed by atoms with Crippen LogP contribution in [0.2, 0.25) is 5.04 Å². The van der Waals surface area contributed by atoms with Gasteiger partial charge in [-0.1, -0.05) is 88.0 Å². The summed E-state index contributed by atoms with van der Waals surface area (Å²) in [5.41, 5.74) is 0.654. The molecule has 0 bridgehead atoms. The molecule has 27 heavy (non-hydrogen) atoms. The molecule has 0 N–H and O–H groups in total. The van der Waals surface area contributed by atoms with Gasteiger partial charge in [-0.3, -0.25) is 0 Å². The first kappa shape index (κ1) is 21.1. The lowest BCUT2D eigenvalue weighted by Crippen LogP contribution is -2.68. The zero-order valence-corrected chi connectivity index (χ0v) is 18.0. The molecule has 0 saturated heterocycles. The monoisotopic (exact) mass is 382 g/mol. The Morgan fingerprint density at radius 2 is 1.44 bits per heavy atom. The molecule has 0 fully saturated rings. The van der Waals surface area contributed by atoms with Crippen LogP contribution in [0.4, 0.5) is 0 Å². The van der Waals surface area contributed by atoms with Crippen LogP contribution in [0.5, 0.6) is 0 Å². The lowest BCUT2D eigenvalue weighted by molar-refractivity contribution is -0.149. The lowest BCUT2D eigenvalue weighted by atomic mass is 10.2. The van der Waals surface area contributed by atoms with Gasteiger partial charge in [0, 0.05) is 0 Å². The van der Waals surface area contributed by atoms with Gasteiger partial charge >= 0.3 is 5.97 Å². The number of carbonyl (C=O) groups excluding carboxylic acids is 1. The van der Waals surface area contributed by atoms with E-state index >= 15 is 0 Å². The maximum absolute atomic E-state index is 12.7. The van der Waals surface area contributed by atoms with Gasteiger partial charge in [0.1, 0.15) is 0 Å². The van der Waals surface area contributed by atoms with Crippen LogP contribution < -0.4 is 10.4 Å². The molecule has 4 heteroatoms. The third kappa shape index (κ3) is 4.39. The summed E-state index contributed by atoms with van der Waals surface area (Å²) in [7, 11) is -2.83. The van der Waals surface area contributed by atoms with Crippen molar-refractivity contribution in [1.82, 2.24) is 0 Å². The van der Waals surface area contributed by atoms with Crippen LogP contribution in [0.25, 0.3) is 0 Å². The van der Waals surface area contributed by atoms with E-state index in [9.17, 15) is 4.79 Å². The summed E-state index contributed by atoms with van der Waals surface area (Å²) in [4.78, 5) is 12.7. The van der Waals surface area contributed by atoms with E-state index in [2.05, 4.69) is 51.6 Å². The Morgan fingerprint density at radius 3 is 1.78 bits per heavy atom. The summed E-state index contributed by atoms with van der Waals surface area (Å²) in [6.07, 6.45) is -0.795. The molecular weight excluding hydrogens is 352 g/mol. The van der Waals surface area contributed by atoms with Crippen molar-refractivity contribution in [3.63, 3.8) is 0 Å². The first-order chi connectivity index (χ1) is 12.7. The zero-order chi connectivity index (χ0) is 20.1. The molecular formula is C23H30O3Si. The van der Waals surface area contributed by atoms with Crippen molar-refractivity contribution >= 4 is 24.7 Å². The van der Waals surface area contributed by atoms with E-state index in [1.165, 1.54) is 0 Å². The van der Waals surface area contributed by atoms with Crippen molar-refractivity contribution in [2.45, 2.75) is 45.8 Å². The van der Waals surface area contributed by atoms with Crippen molar-refractivity contribution in [1.29, 1.82) is 0 Å². The van der Waals surface area contributed by atoms with Gasteiger partial charge in [-0.2, -0.15) is 0 Å². The highest BCUT2D eigenvalue weighted by Gasteiger charge is 2.52. The Labute approximate surface area is 164 Å². The van der Waals surface area contributed by atoms with Gasteiger partial charge < -0.3 is 9.16 Å². The molecule has 0 amide bonds. The van der Waals surface area contributed by atoms with Crippen LogP contribution >= 0.6 is 0 Å². The van der Waals surface area contributed by atoms with Crippen molar-refractivity contribution in [2.24, 2.45) is 0 Å². The maximum atomic E-state index is 12.7. The van der Waals surface area contributed by atoms with Gasteiger partial charge in [0.25, 0.3) is 8.32 Å². The van der Waals surface area contributed by atoms with Crippen molar-refractivity contribution in [3.05, 3.63) is 72.8 Å². The van der Waals surface area contributed by atoms with Crippen LogP contribution in [-0.2, 0) is 14.0 Å². The van der Waals surface area contributed by atoms with E-state index in [1.807, 2.05) is 43.3 Å². The second-order valence-electron chi connectivity index (χ2n) is 7.76. The van der Waals surface area contributed by atoms with Gasteiger partial charge in [0.05, 0.1) is 6.61 Å². The number of hydrogen-bond acceptors (Lipinski definition) is 3. The predicted molar refractivity (Wildman–Crippen MR) is 114 cm³/mol. The van der Waals surface area contributed by atoms with Gasteiger partial charge in [-0.15, -0.1) is 0 Å². The second-order valence-corrected chi connectivity index (χ2v) is 12.0. The van der Waals surface area contributed by atoms with E-state index in [0.717, 1.165) is 10.4 Å².